The molecular weight excluding hydrogens is 518 g/mol. The van der Waals surface area contributed by atoms with Crippen LogP contribution >= 0.6 is 0 Å². The lowest BCUT2D eigenvalue weighted by molar-refractivity contribution is -0.284. The van der Waals surface area contributed by atoms with Crippen LogP contribution in [0.4, 0.5) is 38.0 Å². The van der Waals surface area contributed by atoms with Crippen molar-refractivity contribution in [1.29, 1.82) is 0 Å². The maximum absolute atomic E-state index is 13.6. The summed E-state index contributed by atoms with van der Waals surface area (Å²) in [7, 11) is 1.62. The number of halogens is 6. The molecule has 0 fully saturated rings. The predicted octanol–water partition coefficient (Wildman–Crippen LogP) is 3.72. The van der Waals surface area contributed by atoms with Crippen LogP contribution in [0.15, 0.2) is 30.6 Å². The molecule has 1 aliphatic heterocycles. The molecule has 0 saturated carbocycles. The smallest absolute Gasteiger partial charge is 0.383 e. The highest BCUT2D eigenvalue weighted by Gasteiger charge is 2.56. The number of nitrogens with one attached hydrogen (secondary N) is 1. The summed E-state index contributed by atoms with van der Waals surface area (Å²) in [6, 6.07) is 4.19. The van der Waals surface area contributed by atoms with E-state index in [2.05, 4.69) is 30.2 Å². The first-order valence-electron chi connectivity index (χ1n) is 11.2. The zero-order chi connectivity index (χ0) is 27.6. The second-order valence-corrected chi connectivity index (χ2v) is 9.12. The summed E-state index contributed by atoms with van der Waals surface area (Å²) in [6.07, 6.45) is -6.70. The van der Waals surface area contributed by atoms with Gasteiger partial charge in [0.25, 0.3) is 0 Å². The lowest BCUT2D eigenvalue weighted by Crippen LogP contribution is -2.38. The predicted molar refractivity (Wildman–Crippen MR) is 124 cm³/mol. The molecule has 5 rings (SSSR count). The van der Waals surface area contributed by atoms with Crippen molar-refractivity contribution in [3.05, 3.63) is 53.5 Å². The van der Waals surface area contributed by atoms with Crippen molar-refractivity contribution in [3.8, 4) is 11.5 Å². The summed E-state index contributed by atoms with van der Waals surface area (Å²) in [6.45, 7) is 1.62. The van der Waals surface area contributed by atoms with Crippen molar-refractivity contribution in [3.63, 3.8) is 0 Å². The maximum atomic E-state index is 13.6. The second kappa shape index (κ2) is 8.51. The van der Waals surface area contributed by atoms with Crippen molar-refractivity contribution in [2.24, 2.45) is 7.05 Å². The number of fused-ring (bicyclic) bond motifs is 2. The third kappa shape index (κ3) is 3.97. The number of alkyl halides is 5. The Kier molecular flexibility index (Phi) is 5.74. The van der Waals surface area contributed by atoms with E-state index >= 15 is 0 Å². The monoisotopic (exact) mass is 538 g/mol. The molecule has 4 N–H and O–H groups in total. The first kappa shape index (κ1) is 25.6. The third-order valence-electron chi connectivity index (χ3n) is 6.60. The number of nitrogens with two attached hydrogens (primary N) is 1. The van der Waals surface area contributed by atoms with Gasteiger partial charge in [0.2, 0.25) is 0 Å². The maximum Gasteiger partial charge on any atom is 0.453 e. The summed E-state index contributed by atoms with van der Waals surface area (Å²) < 4.78 is 80.2. The van der Waals surface area contributed by atoms with Crippen LogP contribution in [0.3, 0.4) is 0 Å². The normalized spacial score (nSPS) is 19.6. The van der Waals surface area contributed by atoms with Gasteiger partial charge in [0.15, 0.2) is 5.82 Å². The number of nitrogens with zero attached hydrogens (tertiary/aromatic N) is 6. The summed E-state index contributed by atoms with van der Waals surface area (Å²) in [5.74, 6) is -5.78. The zero-order valence-electron chi connectivity index (χ0n) is 19.9. The molecule has 2 atom stereocenters. The van der Waals surface area contributed by atoms with Crippen LogP contribution < -0.4 is 11.1 Å². The van der Waals surface area contributed by atoms with Gasteiger partial charge in [-0.2, -0.15) is 22.0 Å². The van der Waals surface area contributed by atoms with Gasteiger partial charge in [-0.3, -0.25) is 4.98 Å². The number of nitrogen functional groups attached to an aromatic ring is 1. The van der Waals surface area contributed by atoms with E-state index in [1.54, 1.807) is 30.8 Å². The number of aryl methyl sites for hydroxylation is 2. The number of pyridine rings is 1. The van der Waals surface area contributed by atoms with Gasteiger partial charge in [0.05, 0.1) is 22.9 Å². The van der Waals surface area contributed by atoms with E-state index in [1.807, 2.05) is 0 Å². The van der Waals surface area contributed by atoms with Crippen LogP contribution in [-0.2, 0) is 18.9 Å². The van der Waals surface area contributed by atoms with Crippen molar-refractivity contribution in [2.45, 2.75) is 43.5 Å². The molecule has 0 bridgehead atoms. The zero-order valence-corrected chi connectivity index (χ0v) is 19.9. The van der Waals surface area contributed by atoms with E-state index in [0.717, 1.165) is 6.20 Å². The first-order chi connectivity index (χ1) is 17.7. The quantitative estimate of drug-likeness (QED) is 0.328. The van der Waals surface area contributed by atoms with Gasteiger partial charge in [0, 0.05) is 31.5 Å². The molecule has 38 heavy (non-hydrogen) atoms. The molecule has 0 radical (unpaired) electrons. The molecule has 0 saturated heterocycles. The molecule has 200 valence electrons. The molecule has 15 heteroatoms. The third-order valence-corrected chi connectivity index (χ3v) is 6.60. The van der Waals surface area contributed by atoms with Gasteiger partial charge in [-0.25, -0.2) is 24.3 Å². The molecule has 5 heterocycles. The molecule has 2 unspecified atom stereocenters. The first-order valence-corrected chi connectivity index (χ1v) is 11.2. The topological polar surface area (TPSA) is 128 Å². The van der Waals surface area contributed by atoms with E-state index in [1.165, 1.54) is 12.1 Å². The molecule has 0 aromatic carbocycles. The highest BCUT2D eigenvalue weighted by molar-refractivity contribution is 5.90. The Morgan fingerprint density at radius 1 is 1.11 bits per heavy atom. The highest BCUT2D eigenvalue weighted by atomic mass is 19.4. The van der Waals surface area contributed by atoms with E-state index in [4.69, 9.17) is 5.73 Å². The van der Waals surface area contributed by atoms with Crippen LogP contribution in [0.2, 0.25) is 0 Å². The van der Waals surface area contributed by atoms with Crippen LogP contribution in [-0.4, -0.2) is 52.9 Å². The van der Waals surface area contributed by atoms with E-state index < -0.39 is 42.4 Å². The van der Waals surface area contributed by atoms with E-state index in [9.17, 15) is 31.4 Å². The fraction of sp³-hybridized carbons (Fsp3) is 0.348. The van der Waals surface area contributed by atoms with Crippen LogP contribution in [0, 0.1) is 5.82 Å². The number of aromatic nitrogens is 6. The molecule has 0 amide bonds. The minimum absolute atomic E-state index is 0.0558. The van der Waals surface area contributed by atoms with Gasteiger partial charge in [0.1, 0.15) is 40.8 Å². The molecule has 0 spiro atoms. The second-order valence-electron chi connectivity index (χ2n) is 9.12. The minimum atomic E-state index is -5.71. The summed E-state index contributed by atoms with van der Waals surface area (Å²) in [5.41, 5.74) is 5.93. The average molecular weight is 538 g/mol. The highest BCUT2D eigenvalue weighted by Crippen LogP contribution is 2.46. The van der Waals surface area contributed by atoms with Crippen LogP contribution in [0.5, 0.6) is 0 Å². The molecule has 0 aliphatic carbocycles. The average Bonchev–Trinajstić information content (AvgIpc) is 3.34. The Morgan fingerprint density at radius 2 is 1.84 bits per heavy atom. The Bertz CT molecular complexity index is 1540. The fourth-order valence-corrected chi connectivity index (χ4v) is 4.44. The number of anilines is 2. The SMILES string of the molecule is Cn1ccc2c(-c3nc(N)c4c(n3)NC(O)C4(C)c3ccc(F)cn3)nc(CCC(F)(F)C(F)(F)F)nc21. The fourth-order valence-electron chi connectivity index (χ4n) is 4.44. The molecule has 4 aromatic heterocycles. The number of hydrogen-bond donors (Lipinski definition) is 3. The van der Waals surface area contributed by atoms with Crippen molar-refractivity contribution >= 4 is 22.7 Å². The minimum Gasteiger partial charge on any atom is -0.383 e. The van der Waals surface area contributed by atoms with Gasteiger partial charge >= 0.3 is 12.1 Å². The molecule has 4 aromatic rings. The van der Waals surface area contributed by atoms with Crippen molar-refractivity contribution in [2.75, 3.05) is 11.1 Å². The summed E-state index contributed by atoms with van der Waals surface area (Å²) in [4.78, 5) is 21.2. The van der Waals surface area contributed by atoms with Crippen LogP contribution in [0.1, 0.15) is 30.4 Å². The Labute approximate surface area is 210 Å². The van der Waals surface area contributed by atoms with Gasteiger partial charge < -0.3 is 20.7 Å². The van der Waals surface area contributed by atoms with Crippen molar-refractivity contribution in [1.82, 2.24) is 29.5 Å². The number of aliphatic hydroxyl groups excluding tert-OH is 1. The van der Waals surface area contributed by atoms with Crippen LogP contribution in [0.25, 0.3) is 22.6 Å². The lowest BCUT2D eigenvalue weighted by atomic mass is 9.80. The van der Waals surface area contributed by atoms with Gasteiger partial charge in [-0.15, -0.1) is 0 Å². The summed E-state index contributed by atoms with van der Waals surface area (Å²) >= 11 is 0. The molecule has 9 nitrogen and oxygen atoms in total. The Hall–Kier alpha value is -4.01. The Balaban J connectivity index is 1.60. The standard InChI is InChI=1S/C23H20F6N8O/c1-21(12-4-3-10(24)9-31-12)14-16(30)34-18(35-17(14)36-20(21)38)15-11-6-8-37(2)19(11)33-13(32-15)5-7-22(25,26)23(27,28)29/h3-4,6,8-9,20,38H,5,7H2,1-2H3,(H3,30,34,35,36). The Morgan fingerprint density at radius 3 is 2.50 bits per heavy atom. The summed E-state index contributed by atoms with van der Waals surface area (Å²) in [5, 5.41) is 14.1. The number of aliphatic hydroxyl groups is 1. The van der Waals surface area contributed by atoms with E-state index in [-0.39, 0.29) is 40.2 Å². The molecular formula is C23H20F6N8O. The largest absolute Gasteiger partial charge is 0.453 e. The molecule has 1 aliphatic rings. The van der Waals surface area contributed by atoms with Crippen molar-refractivity contribution < 1.29 is 31.4 Å². The number of hydrogen-bond acceptors (Lipinski definition) is 8. The van der Waals surface area contributed by atoms with Gasteiger partial charge in [-0.1, -0.05) is 0 Å². The number of rotatable bonds is 5. The van der Waals surface area contributed by atoms with E-state index in [0.29, 0.717) is 11.1 Å². The lowest BCUT2D eigenvalue weighted by Gasteiger charge is -2.27. The van der Waals surface area contributed by atoms with Gasteiger partial charge in [-0.05, 0) is 25.1 Å².